The zero-order chi connectivity index (χ0) is 25.6. The van der Waals surface area contributed by atoms with E-state index in [0.717, 1.165) is 44.0 Å². The lowest BCUT2D eigenvalue weighted by Gasteiger charge is -2.45. The average Bonchev–Trinajstić information content (AvgIpc) is 3.29. The van der Waals surface area contributed by atoms with Crippen molar-refractivity contribution < 1.29 is 32.6 Å². The number of nitrogens with zero attached hydrogens (tertiary/aromatic N) is 3. The van der Waals surface area contributed by atoms with Gasteiger partial charge in [-0.25, -0.2) is 9.78 Å². The Morgan fingerprint density at radius 3 is 2.43 bits per heavy atom. The molecule has 192 valence electrons. The fraction of sp³-hybridized carbons (Fsp3) is 0.542. The minimum absolute atomic E-state index is 0.0906. The van der Waals surface area contributed by atoms with Gasteiger partial charge < -0.3 is 24.6 Å². The zero-order valence-electron chi connectivity index (χ0n) is 19.8. The molecule has 0 aliphatic carbocycles. The number of carbonyl (C=O) groups excluding carboxylic acids is 1. The summed E-state index contributed by atoms with van der Waals surface area (Å²) in [6, 6.07) is 9.56. The molecule has 1 aromatic carbocycles. The van der Waals surface area contributed by atoms with Gasteiger partial charge in [-0.05, 0) is 43.9 Å². The number of aromatic nitrogens is 2. The number of alkyl halides is 3. The Hall–Kier alpha value is -2.92. The van der Waals surface area contributed by atoms with E-state index in [0.29, 0.717) is 12.5 Å². The van der Waals surface area contributed by atoms with Crippen molar-refractivity contribution in [2.24, 2.45) is 5.92 Å². The number of likely N-dealkylation sites (tertiary alicyclic amines) is 1. The van der Waals surface area contributed by atoms with Gasteiger partial charge in [0, 0.05) is 31.2 Å². The summed E-state index contributed by atoms with van der Waals surface area (Å²) in [4.78, 5) is 28.9. The maximum atomic E-state index is 12.9. The molecule has 4 rings (SSSR count). The van der Waals surface area contributed by atoms with Crippen molar-refractivity contribution in [1.82, 2.24) is 14.5 Å². The first kappa shape index (κ1) is 26.7. The third-order valence-electron chi connectivity index (χ3n) is 6.12. The Bertz CT molecular complexity index is 986. The monoisotopic (exact) mass is 496 g/mol. The highest BCUT2D eigenvalue weighted by atomic mass is 19.4. The number of fused-ring (bicyclic) bond motifs is 2. The van der Waals surface area contributed by atoms with Crippen LogP contribution in [-0.4, -0.2) is 63.3 Å². The molecular formula is C24H31F3N4O4. The van der Waals surface area contributed by atoms with Gasteiger partial charge in [0.2, 0.25) is 0 Å². The summed E-state index contributed by atoms with van der Waals surface area (Å²) < 4.78 is 40.3. The maximum absolute atomic E-state index is 12.9. The molecule has 0 saturated carbocycles. The quantitative estimate of drug-likeness (QED) is 0.652. The van der Waals surface area contributed by atoms with Crippen LogP contribution in [0.1, 0.15) is 38.9 Å². The molecular weight excluding hydrogens is 465 g/mol. The van der Waals surface area contributed by atoms with E-state index in [1.54, 1.807) is 0 Å². The van der Waals surface area contributed by atoms with E-state index in [4.69, 9.17) is 14.6 Å². The largest absolute Gasteiger partial charge is 0.490 e. The average molecular weight is 497 g/mol. The van der Waals surface area contributed by atoms with E-state index >= 15 is 0 Å². The number of carboxylic acids is 1. The molecule has 1 saturated heterocycles. The number of halogens is 3. The summed E-state index contributed by atoms with van der Waals surface area (Å²) in [6.07, 6.45) is 1.15. The number of ether oxygens (including phenoxy) is 1. The van der Waals surface area contributed by atoms with Crippen molar-refractivity contribution in [3.63, 3.8) is 0 Å². The minimum Gasteiger partial charge on any atom is -0.475 e. The number of benzene rings is 1. The highest BCUT2D eigenvalue weighted by Gasteiger charge is 2.47. The highest BCUT2D eigenvalue weighted by Crippen LogP contribution is 2.40. The second kappa shape index (κ2) is 11.2. The SMILES string of the molecule is CC(C)CCN1CCC2(CC1)OC(C(=O)Nc1ccccc1)Cn1ccnc12.O=C(O)C(F)(F)F. The second-order valence-electron chi connectivity index (χ2n) is 9.19. The van der Waals surface area contributed by atoms with Crippen LogP contribution in [0.15, 0.2) is 42.7 Å². The molecule has 1 atom stereocenters. The van der Waals surface area contributed by atoms with Crippen LogP contribution in [0.3, 0.4) is 0 Å². The molecule has 2 N–H and O–H groups in total. The van der Waals surface area contributed by atoms with Crippen molar-refractivity contribution in [1.29, 1.82) is 0 Å². The van der Waals surface area contributed by atoms with Crippen LogP contribution in [0.25, 0.3) is 0 Å². The van der Waals surface area contributed by atoms with Crippen LogP contribution < -0.4 is 5.32 Å². The van der Waals surface area contributed by atoms with Gasteiger partial charge in [-0.15, -0.1) is 0 Å². The second-order valence-corrected chi connectivity index (χ2v) is 9.19. The summed E-state index contributed by atoms with van der Waals surface area (Å²) in [6.45, 7) is 8.12. The molecule has 2 aliphatic rings. The van der Waals surface area contributed by atoms with Crippen LogP contribution in [0, 0.1) is 5.92 Å². The number of rotatable bonds is 5. The molecule has 2 aliphatic heterocycles. The van der Waals surface area contributed by atoms with Gasteiger partial charge in [0.15, 0.2) is 6.10 Å². The summed E-state index contributed by atoms with van der Waals surface area (Å²) >= 11 is 0. The number of aliphatic carboxylic acids is 1. The Labute approximate surface area is 202 Å². The molecule has 1 spiro atoms. The van der Waals surface area contributed by atoms with E-state index in [1.165, 1.54) is 6.42 Å². The van der Waals surface area contributed by atoms with Gasteiger partial charge in [-0.2, -0.15) is 13.2 Å². The molecule has 2 aromatic rings. The number of para-hydroxylation sites is 1. The van der Waals surface area contributed by atoms with Crippen LogP contribution in [-0.2, 0) is 26.5 Å². The zero-order valence-corrected chi connectivity index (χ0v) is 19.8. The van der Waals surface area contributed by atoms with Crippen molar-refractivity contribution in [3.05, 3.63) is 48.5 Å². The number of anilines is 1. The number of nitrogens with one attached hydrogen (secondary N) is 1. The van der Waals surface area contributed by atoms with Gasteiger partial charge in [0.1, 0.15) is 11.4 Å². The van der Waals surface area contributed by atoms with Gasteiger partial charge in [0.05, 0.1) is 6.54 Å². The van der Waals surface area contributed by atoms with E-state index in [1.807, 2.05) is 42.7 Å². The summed E-state index contributed by atoms with van der Waals surface area (Å²) in [5.41, 5.74) is 0.333. The standard InChI is InChI=1S/C22H30N4O2.C2HF3O2/c1-17(2)8-12-25-13-9-22(10-14-25)21-23-11-15-26(21)16-19(28-22)20(27)24-18-6-4-3-5-7-18;3-2(4,5)1(6)7/h3-7,11,15,17,19H,8-10,12-14,16H2,1-2H3,(H,24,27);(H,6,7). The molecule has 0 bridgehead atoms. The first-order valence-electron chi connectivity index (χ1n) is 11.6. The first-order valence-corrected chi connectivity index (χ1v) is 11.6. The van der Waals surface area contributed by atoms with Gasteiger partial charge in [-0.1, -0.05) is 32.0 Å². The number of carbonyl (C=O) groups is 2. The van der Waals surface area contributed by atoms with Crippen LogP contribution in [0.4, 0.5) is 18.9 Å². The van der Waals surface area contributed by atoms with E-state index in [9.17, 15) is 18.0 Å². The molecule has 11 heteroatoms. The molecule has 1 amide bonds. The van der Waals surface area contributed by atoms with E-state index < -0.39 is 23.9 Å². The number of carboxylic acid groups (broad SMARTS) is 1. The predicted molar refractivity (Wildman–Crippen MR) is 123 cm³/mol. The molecule has 1 unspecified atom stereocenters. The van der Waals surface area contributed by atoms with Crippen molar-refractivity contribution in [2.45, 2.75) is 57.5 Å². The Morgan fingerprint density at radius 1 is 1.23 bits per heavy atom. The lowest BCUT2D eigenvalue weighted by atomic mass is 9.88. The molecule has 1 fully saturated rings. The van der Waals surface area contributed by atoms with Crippen molar-refractivity contribution in [3.8, 4) is 0 Å². The normalized spacial score (nSPS) is 19.5. The third kappa shape index (κ3) is 7.04. The van der Waals surface area contributed by atoms with E-state index in [2.05, 4.69) is 33.6 Å². The summed E-state index contributed by atoms with van der Waals surface area (Å²) in [5, 5.41) is 10.1. The molecule has 0 radical (unpaired) electrons. The highest BCUT2D eigenvalue weighted by molar-refractivity contribution is 5.94. The lowest BCUT2D eigenvalue weighted by Crippen LogP contribution is -2.53. The fourth-order valence-electron chi connectivity index (χ4n) is 4.20. The predicted octanol–water partition coefficient (Wildman–Crippen LogP) is 3.89. The summed E-state index contributed by atoms with van der Waals surface area (Å²) in [7, 11) is 0. The number of imidazole rings is 1. The Balaban J connectivity index is 0.000000429. The number of piperidine rings is 1. The number of hydrogen-bond acceptors (Lipinski definition) is 5. The van der Waals surface area contributed by atoms with Gasteiger partial charge in [0.25, 0.3) is 5.91 Å². The molecule has 35 heavy (non-hydrogen) atoms. The van der Waals surface area contributed by atoms with Crippen molar-refractivity contribution >= 4 is 17.6 Å². The molecule has 1 aromatic heterocycles. The third-order valence-corrected chi connectivity index (χ3v) is 6.12. The van der Waals surface area contributed by atoms with Crippen molar-refractivity contribution in [2.75, 3.05) is 25.0 Å². The van der Waals surface area contributed by atoms with Crippen LogP contribution in [0.5, 0.6) is 0 Å². The minimum atomic E-state index is -5.08. The first-order chi connectivity index (χ1) is 16.5. The molecule has 8 nitrogen and oxygen atoms in total. The van der Waals surface area contributed by atoms with Gasteiger partial charge >= 0.3 is 12.1 Å². The van der Waals surface area contributed by atoms with Crippen LogP contribution in [0.2, 0.25) is 0 Å². The molecule has 3 heterocycles. The number of amides is 1. The fourth-order valence-corrected chi connectivity index (χ4v) is 4.20. The maximum Gasteiger partial charge on any atom is 0.490 e. The Kier molecular flexibility index (Phi) is 8.55. The summed E-state index contributed by atoms with van der Waals surface area (Å²) in [5.74, 6) is -1.16. The smallest absolute Gasteiger partial charge is 0.475 e. The van der Waals surface area contributed by atoms with Crippen LogP contribution >= 0.6 is 0 Å². The van der Waals surface area contributed by atoms with E-state index in [-0.39, 0.29) is 5.91 Å². The van der Waals surface area contributed by atoms with Gasteiger partial charge in [-0.3, -0.25) is 4.79 Å². The lowest BCUT2D eigenvalue weighted by molar-refractivity contribution is -0.192. The topological polar surface area (TPSA) is 96.7 Å². The Morgan fingerprint density at radius 2 is 1.86 bits per heavy atom. The number of hydrogen-bond donors (Lipinski definition) is 2.